The molecule has 0 fully saturated rings. The highest BCUT2D eigenvalue weighted by molar-refractivity contribution is 6.05. The molecule has 5 rings (SSSR count). The number of hydrogen-bond acceptors (Lipinski definition) is 6. The summed E-state index contributed by atoms with van der Waals surface area (Å²) in [7, 11) is 3.18. The molecule has 0 spiro atoms. The molecule has 0 saturated heterocycles. The normalized spacial score (nSPS) is 11.7. The molecule has 0 radical (unpaired) electrons. The molecule has 0 unspecified atom stereocenters. The van der Waals surface area contributed by atoms with E-state index < -0.39 is 0 Å². The Hall–Kier alpha value is -3.94. The summed E-state index contributed by atoms with van der Waals surface area (Å²) in [6.45, 7) is 4.87. The van der Waals surface area contributed by atoms with Crippen LogP contribution >= 0.6 is 0 Å². The molecule has 3 aromatic heterocycles. The van der Waals surface area contributed by atoms with Gasteiger partial charge in [-0.15, -0.1) is 0 Å². The van der Waals surface area contributed by atoms with Gasteiger partial charge in [-0.2, -0.15) is 0 Å². The Morgan fingerprint density at radius 3 is 2.36 bits per heavy atom. The molecule has 168 valence electrons. The maximum Gasteiger partial charge on any atom is 0.265 e. The molecular weight excluding hydrogens is 418 g/mol. The molecule has 33 heavy (non-hydrogen) atoms. The third kappa shape index (κ3) is 3.47. The zero-order chi connectivity index (χ0) is 23.1. The molecule has 0 aliphatic heterocycles. The lowest BCUT2D eigenvalue weighted by Crippen LogP contribution is -2.21. The summed E-state index contributed by atoms with van der Waals surface area (Å²) < 4.78 is 14.4. The molecular formula is C25H25N5O3. The molecule has 0 aliphatic carbocycles. The summed E-state index contributed by atoms with van der Waals surface area (Å²) in [5.41, 5.74) is 3.73. The Labute approximate surface area is 190 Å². The first-order valence-corrected chi connectivity index (χ1v) is 10.9. The first-order valence-electron chi connectivity index (χ1n) is 10.9. The van der Waals surface area contributed by atoms with E-state index in [9.17, 15) is 4.79 Å². The topological polar surface area (TPSA) is 84.1 Å². The van der Waals surface area contributed by atoms with Crippen LogP contribution in [-0.4, -0.2) is 38.3 Å². The third-order valence-corrected chi connectivity index (χ3v) is 5.80. The van der Waals surface area contributed by atoms with Gasteiger partial charge in [-0.3, -0.25) is 13.9 Å². The molecule has 3 heterocycles. The maximum absolute atomic E-state index is 13.6. The van der Waals surface area contributed by atoms with Crippen molar-refractivity contribution in [2.75, 3.05) is 14.2 Å². The van der Waals surface area contributed by atoms with Crippen molar-refractivity contribution in [1.82, 2.24) is 24.1 Å². The molecule has 8 heteroatoms. The maximum atomic E-state index is 13.6. The molecule has 2 aromatic carbocycles. The van der Waals surface area contributed by atoms with E-state index in [1.165, 1.54) is 0 Å². The minimum atomic E-state index is -0.116. The van der Waals surface area contributed by atoms with Gasteiger partial charge in [-0.05, 0) is 36.6 Å². The van der Waals surface area contributed by atoms with Crippen molar-refractivity contribution in [2.45, 2.75) is 26.8 Å². The predicted molar refractivity (Wildman–Crippen MR) is 128 cm³/mol. The lowest BCUT2D eigenvalue weighted by atomic mass is 10.1. The fourth-order valence-electron chi connectivity index (χ4n) is 4.04. The predicted octanol–water partition coefficient (Wildman–Crippen LogP) is 4.35. The summed E-state index contributed by atoms with van der Waals surface area (Å²) in [6, 6.07) is 13.2. The van der Waals surface area contributed by atoms with Crippen LogP contribution in [0.4, 0.5) is 0 Å². The highest BCUT2D eigenvalue weighted by atomic mass is 16.5. The number of rotatable bonds is 6. The number of aromatic nitrogens is 5. The van der Waals surface area contributed by atoms with Gasteiger partial charge in [0, 0.05) is 12.6 Å². The zero-order valence-electron chi connectivity index (χ0n) is 19.1. The van der Waals surface area contributed by atoms with Gasteiger partial charge in [0.25, 0.3) is 5.56 Å². The van der Waals surface area contributed by atoms with Crippen LogP contribution in [0.2, 0.25) is 0 Å². The molecule has 0 bridgehead atoms. The number of aryl methyl sites for hydroxylation is 1. The van der Waals surface area contributed by atoms with Crippen molar-refractivity contribution in [3.05, 3.63) is 59.1 Å². The van der Waals surface area contributed by atoms with Gasteiger partial charge in [0.1, 0.15) is 10.9 Å². The lowest BCUT2D eigenvalue weighted by Gasteiger charge is -2.12. The largest absolute Gasteiger partial charge is 0.493 e. The quantitative estimate of drug-likeness (QED) is 0.388. The minimum Gasteiger partial charge on any atom is -0.493 e. The van der Waals surface area contributed by atoms with Crippen molar-refractivity contribution < 1.29 is 9.47 Å². The SMILES string of the molecule is COc1ccc(-n2c3nc4ccccc4nc3c3c(=O)n(CCC(C)C)cnc32)cc1OC. The molecule has 0 saturated carbocycles. The third-order valence-electron chi connectivity index (χ3n) is 5.80. The van der Waals surface area contributed by atoms with E-state index in [2.05, 4.69) is 13.8 Å². The lowest BCUT2D eigenvalue weighted by molar-refractivity contribution is 0.355. The van der Waals surface area contributed by atoms with Crippen LogP contribution in [0.25, 0.3) is 38.9 Å². The smallest absolute Gasteiger partial charge is 0.265 e. The number of para-hydroxylation sites is 2. The van der Waals surface area contributed by atoms with Crippen molar-refractivity contribution >= 4 is 33.2 Å². The van der Waals surface area contributed by atoms with Gasteiger partial charge in [-0.1, -0.05) is 26.0 Å². The second-order valence-electron chi connectivity index (χ2n) is 8.38. The van der Waals surface area contributed by atoms with Gasteiger partial charge in [0.2, 0.25) is 0 Å². The number of nitrogens with zero attached hydrogens (tertiary/aromatic N) is 5. The highest BCUT2D eigenvalue weighted by Gasteiger charge is 2.21. The van der Waals surface area contributed by atoms with Crippen LogP contribution in [0.3, 0.4) is 0 Å². The number of methoxy groups -OCH3 is 2. The van der Waals surface area contributed by atoms with Crippen molar-refractivity contribution in [2.24, 2.45) is 5.92 Å². The standard InChI is InChI=1S/C25H25N5O3/c1-15(2)11-12-29-14-26-23-21(25(29)31)22-24(28-18-8-6-5-7-17(18)27-22)30(23)16-9-10-19(32-3)20(13-16)33-4/h5-10,13-15H,11-12H2,1-4H3. The second kappa shape index (κ2) is 8.20. The average molecular weight is 444 g/mol. The van der Waals surface area contributed by atoms with E-state index in [1.807, 2.05) is 47.0 Å². The number of fused-ring (bicyclic) bond motifs is 4. The van der Waals surface area contributed by atoms with Gasteiger partial charge in [-0.25, -0.2) is 15.0 Å². The average Bonchev–Trinajstić information content (AvgIpc) is 3.15. The summed E-state index contributed by atoms with van der Waals surface area (Å²) in [5.74, 6) is 1.66. The van der Waals surface area contributed by atoms with Crippen molar-refractivity contribution in [3.8, 4) is 17.2 Å². The van der Waals surface area contributed by atoms with Crippen LogP contribution < -0.4 is 15.0 Å². The summed E-state index contributed by atoms with van der Waals surface area (Å²) >= 11 is 0. The van der Waals surface area contributed by atoms with Crippen LogP contribution in [-0.2, 0) is 6.54 Å². The Morgan fingerprint density at radius 2 is 1.67 bits per heavy atom. The van der Waals surface area contributed by atoms with E-state index in [0.717, 1.165) is 23.1 Å². The van der Waals surface area contributed by atoms with Crippen LogP contribution in [0.5, 0.6) is 11.5 Å². The van der Waals surface area contributed by atoms with Crippen LogP contribution in [0.1, 0.15) is 20.3 Å². The second-order valence-corrected chi connectivity index (χ2v) is 8.38. The van der Waals surface area contributed by atoms with Crippen LogP contribution in [0, 0.1) is 5.92 Å². The first-order chi connectivity index (χ1) is 16.0. The highest BCUT2D eigenvalue weighted by Crippen LogP contribution is 2.33. The number of hydrogen-bond donors (Lipinski definition) is 0. The molecule has 0 amide bonds. The fourth-order valence-corrected chi connectivity index (χ4v) is 4.04. The first kappa shape index (κ1) is 20.9. The van der Waals surface area contributed by atoms with E-state index in [-0.39, 0.29) is 5.56 Å². The Kier molecular flexibility index (Phi) is 5.20. The number of ether oxygens (including phenoxy) is 2. The summed E-state index contributed by atoms with van der Waals surface area (Å²) in [4.78, 5) is 28.0. The Bertz CT molecular complexity index is 1550. The van der Waals surface area contributed by atoms with Crippen molar-refractivity contribution in [1.29, 1.82) is 0 Å². The van der Waals surface area contributed by atoms with Gasteiger partial charge < -0.3 is 9.47 Å². The van der Waals surface area contributed by atoms with Crippen LogP contribution in [0.15, 0.2) is 53.6 Å². The van der Waals surface area contributed by atoms with E-state index in [4.69, 9.17) is 24.4 Å². The fraction of sp³-hybridized carbons (Fsp3) is 0.280. The van der Waals surface area contributed by atoms with Gasteiger partial charge >= 0.3 is 0 Å². The molecule has 0 atom stereocenters. The van der Waals surface area contributed by atoms with Gasteiger partial charge in [0.05, 0.1) is 37.3 Å². The zero-order valence-corrected chi connectivity index (χ0v) is 19.1. The van der Waals surface area contributed by atoms with Gasteiger partial charge in [0.15, 0.2) is 22.8 Å². The monoisotopic (exact) mass is 443 g/mol. The number of benzene rings is 2. The summed E-state index contributed by atoms with van der Waals surface area (Å²) in [5, 5.41) is 0.462. The summed E-state index contributed by atoms with van der Waals surface area (Å²) in [6.07, 6.45) is 2.50. The molecule has 5 aromatic rings. The van der Waals surface area contributed by atoms with E-state index >= 15 is 0 Å². The minimum absolute atomic E-state index is 0.116. The molecule has 0 aliphatic rings. The Balaban J connectivity index is 1.87. The van der Waals surface area contributed by atoms with E-state index in [0.29, 0.717) is 46.2 Å². The Morgan fingerprint density at radius 1 is 0.939 bits per heavy atom. The van der Waals surface area contributed by atoms with E-state index in [1.54, 1.807) is 25.1 Å². The molecule has 8 nitrogen and oxygen atoms in total. The molecule has 0 N–H and O–H groups in total. The van der Waals surface area contributed by atoms with Crippen molar-refractivity contribution in [3.63, 3.8) is 0 Å².